The summed E-state index contributed by atoms with van der Waals surface area (Å²) in [6.07, 6.45) is 0. The first-order valence-corrected chi connectivity index (χ1v) is 19.6. The molecule has 0 aliphatic rings. The van der Waals surface area contributed by atoms with Crippen molar-refractivity contribution in [2.45, 2.75) is 0 Å². The number of rotatable bonds is 6. The third kappa shape index (κ3) is 5.24. The number of thiophene rings is 1. The number of para-hydroxylation sites is 3. The quantitative estimate of drug-likeness (QED) is 0.166. The number of hydrogen-bond acceptors (Lipinski definition) is 2. The van der Waals surface area contributed by atoms with E-state index in [1.165, 1.54) is 80.7 Å². The molecule has 0 fully saturated rings. The van der Waals surface area contributed by atoms with E-state index in [1.807, 2.05) is 11.3 Å². The van der Waals surface area contributed by atoms with Gasteiger partial charge in [0.15, 0.2) is 0 Å². The van der Waals surface area contributed by atoms with E-state index in [0.29, 0.717) is 0 Å². The Morgan fingerprint density at radius 3 is 1.65 bits per heavy atom. The SMILES string of the molecule is c1ccc(-n2c3ccccc3c3ccccc32)c(-c2ccc(N(c3ccc(-c4ccc5sc6ccccc6c5c4)cc3)c3cccc4ccccc34)cc2)c1. The molecule has 0 spiro atoms. The minimum absolute atomic E-state index is 1.10. The smallest absolute Gasteiger partial charge is 0.0541 e. The molecule has 11 aromatic rings. The lowest BCUT2D eigenvalue weighted by molar-refractivity contribution is 1.18. The van der Waals surface area contributed by atoms with Crippen LogP contribution in [0.25, 0.3) is 80.7 Å². The number of fused-ring (bicyclic) bond motifs is 7. The number of nitrogens with zero attached hydrogens (tertiary/aromatic N) is 2. The second-order valence-corrected chi connectivity index (χ2v) is 15.2. The average Bonchev–Trinajstić information content (AvgIpc) is 3.80. The Morgan fingerprint density at radius 1 is 0.364 bits per heavy atom. The Bertz CT molecular complexity index is 3150. The second-order valence-electron chi connectivity index (χ2n) is 14.1. The van der Waals surface area contributed by atoms with Gasteiger partial charge in [0.25, 0.3) is 0 Å². The van der Waals surface area contributed by atoms with Crippen molar-refractivity contribution in [2.75, 3.05) is 4.90 Å². The molecule has 0 N–H and O–H groups in total. The Balaban J connectivity index is 1.02. The van der Waals surface area contributed by atoms with Crippen molar-refractivity contribution >= 4 is 81.1 Å². The third-order valence-corrected chi connectivity index (χ3v) is 12.2. The maximum atomic E-state index is 2.41. The van der Waals surface area contributed by atoms with Gasteiger partial charge in [0.2, 0.25) is 0 Å². The first kappa shape index (κ1) is 31.6. The van der Waals surface area contributed by atoms with Crippen LogP contribution in [0.5, 0.6) is 0 Å². The first-order chi connectivity index (χ1) is 27.3. The molecular formula is C52H34N2S. The molecule has 11 rings (SSSR count). The van der Waals surface area contributed by atoms with Crippen molar-refractivity contribution in [3.8, 4) is 27.9 Å². The maximum absolute atomic E-state index is 2.41. The van der Waals surface area contributed by atoms with Crippen molar-refractivity contribution in [1.82, 2.24) is 4.57 Å². The largest absolute Gasteiger partial charge is 0.310 e. The summed E-state index contributed by atoms with van der Waals surface area (Å²) in [5, 5.41) is 7.60. The zero-order valence-electron chi connectivity index (χ0n) is 29.9. The fourth-order valence-corrected chi connectivity index (χ4v) is 9.51. The predicted octanol–water partition coefficient (Wildman–Crippen LogP) is 15.1. The number of anilines is 3. The van der Waals surface area contributed by atoms with Crippen LogP contribution in [-0.2, 0) is 0 Å². The van der Waals surface area contributed by atoms with Crippen molar-refractivity contribution in [3.05, 3.63) is 206 Å². The summed E-state index contributed by atoms with van der Waals surface area (Å²) >= 11 is 1.86. The van der Waals surface area contributed by atoms with Gasteiger partial charge in [0.1, 0.15) is 0 Å². The van der Waals surface area contributed by atoms with Gasteiger partial charge >= 0.3 is 0 Å². The zero-order chi connectivity index (χ0) is 36.3. The third-order valence-electron chi connectivity index (χ3n) is 11.0. The molecule has 0 unspecified atom stereocenters. The van der Waals surface area contributed by atoms with Gasteiger partial charge < -0.3 is 9.47 Å². The molecule has 0 saturated heterocycles. The summed E-state index contributed by atoms with van der Waals surface area (Å²) in [7, 11) is 0. The Kier molecular flexibility index (Phi) is 7.39. The summed E-state index contributed by atoms with van der Waals surface area (Å²) in [6, 6.07) is 75.2. The van der Waals surface area contributed by atoms with Gasteiger partial charge in [0.05, 0.1) is 22.4 Å². The van der Waals surface area contributed by atoms with Gasteiger partial charge in [-0.2, -0.15) is 0 Å². The van der Waals surface area contributed by atoms with E-state index in [2.05, 4.69) is 216 Å². The van der Waals surface area contributed by atoms with Crippen LogP contribution in [0.15, 0.2) is 206 Å². The lowest BCUT2D eigenvalue weighted by Crippen LogP contribution is -2.10. The van der Waals surface area contributed by atoms with E-state index in [1.54, 1.807) is 0 Å². The van der Waals surface area contributed by atoms with E-state index >= 15 is 0 Å². The topological polar surface area (TPSA) is 8.17 Å². The van der Waals surface area contributed by atoms with Crippen LogP contribution in [0.2, 0.25) is 0 Å². The van der Waals surface area contributed by atoms with E-state index in [4.69, 9.17) is 0 Å². The van der Waals surface area contributed by atoms with Crippen molar-refractivity contribution < 1.29 is 0 Å². The van der Waals surface area contributed by atoms with Crippen LogP contribution in [0.1, 0.15) is 0 Å². The summed E-state index contributed by atoms with van der Waals surface area (Å²) in [5.74, 6) is 0. The van der Waals surface area contributed by atoms with Crippen molar-refractivity contribution in [2.24, 2.45) is 0 Å². The van der Waals surface area contributed by atoms with Crippen LogP contribution in [0, 0.1) is 0 Å². The van der Waals surface area contributed by atoms with Crippen LogP contribution < -0.4 is 4.90 Å². The lowest BCUT2D eigenvalue weighted by Gasteiger charge is -2.27. The predicted molar refractivity (Wildman–Crippen MR) is 237 cm³/mol. The summed E-state index contributed by atoms with van der Waals surface area (Å²) in [6.45, 7) is 0. The molecule has 2 nitrogen and oxygen atoms in total. The van der Waals surface area contributed by atoms with Crippen molar-refractivity contribution in [3.63, 3.8) is 0 Å². The monoisotopic (exact) mass is 718 g/mol. The van der Waals surface area contributed by atoms with Gasteiger partial charge in [-0.3, -0.25) is 0 Å². The van der Waals surface area contributed by atoms with Crippen LogP contribution in [0.4, 0.5) is 17.1 Å². The number of benzene rings is 9. The molecule has 9 aromatic carbocycles. The first-order valence-electron chi connectivity index (χ1n) is 18.8. The van der Waals surface area contributed by atoms with Gasteiger partial charge in [0, 0.05) is 53.3 Å². The standard InChI is InChI=1S/C52H34N2S/c1-2-14-41-36(12-1)13-11-22-47(41)53(39-29-24-35(25-30-39)38-28-33-52-46(34-38)45-18-6-10-23-51(45)55-52)40-31-26-37(27-32-40)42-15-3-7-19-48(42)54-49-20-8-4-16-43(49)44-17-5-9-21-50(44)54/h1-34H. The molecule has 0 radical (unpaired) electrons. The Morgan fingerprint density at radius 2 is 0.909 bits per heavy atom. The van der Waals surface area contributed by atoms with E-state index in [9.17, 15) is 0 Å². The number of hydrogen-bond donors (Lipinski definition) is 0. The molecule has 0 bridgehead atoms. The highest BCUT2D eigenvalue weighted by Crippen LogP contribution is 2.42. The molecule has 55 heavy (non-hydrogen) atoms. The van der Waals surface area contributed by atoms with Crippen LogP contribution in [-0.4, -0.2) is 4.57 Å². The highest BCUT2D eigenvalue weighted by Gasteiger charge is 2.18. The molecule has 0 amide bonds. The zero-order valence-corrected chi connectivity index (χ0v) is 30.7. The normalized spacial score (nSPS) is 11.6. The molecule has 0 atom stereocenters. The fourth-order valence-electron chi connectivity index (χ4n) is 8.42. The molecule has 2 heterocycles. The molecule has 0 aliphatic heterocycles. The van der Waals surface area contributed by atoms with Crippen LogP contribution in [0.3, 0.4) is 0 Å². The maximum Gasteiger partial charge on any atom is 0.0541 e. The van der Waals surface area contributed by atoms with E-state index in [0.717, 1.165) is 17.1 Å². The van der Waals surface area contributed by atoms with Gasteiger partial charge in [-0.15, -0.1) is 11.3 Å². The van der Waals surface area contributed by atoms with E-state index in [-0.39, 0.29) is 0 Å². The lowest BCUT2D eigenvalue weighted by atomic mass is 10.0. The van der Waals surface area contributed by atoms with Crippen LogP contribution >= 0.6 is 11.3 Å². The molecule has 2 aromatic heterocycles. The fraction of sp³-hybridized carbons (Fsp3) is 0. The van der Waals surface area contributed by atoms with E-state index < -0.39 is 0 Å². The Labute approximate surface area is 323 Å². The molecule has 3 heteroatoms. The minimum atomic E-state index is 1.10. The number of aromatic nitrogens is 1. The molecule has 0 saturated carbocycles. The average molecular weight is 719 g/mol. The molecule has 258 valence electrons. The summed E-state index contributed by atoms with van der Waals surface area (Å²) in [4.78, 5) is 2.39. The second kappa shape index (κ2) is 12.9. The van der Waals surface area contributed by atoms with Gasteiger partial charge in [-0.1, -0.05) is 140 Å². The van der Waals surface area contributed by atoms with Gasteiger partial charge in [-0.25, -0.2) is 0 Å². The molecule has 0 aliphatic carbocycles. The molecular weight excluding hydrogens is 685 g/mol. The minimum Gasteiger partial charge on any atom is -0.310 e. The van der Waals surface area contributed by atoms with Gasteiger partial charge in [-0.05, 0) is 88.8 Å². The highest BCUT2D eigenvalue weighted by atomic mass is 32.1. The highest BCUT2D eigenvalue weighted by molar-refractivity contribution is 7.25. The Hall–Kier alpha value is -6.94. The summed E-state index contributed by atoms with van der Waals surface area (Å²) < 4.78 is 5.07. The summed E-state index contributed by atoms with van der Waals surface area (Å²) in [5.41, 5.74) is 11.8. The van der Waals surface area contributed by atoms with Crippen molar-refractivity contribution in [1.29, 1.82) is 0 Å².